The van der Waals surface area contributed by atoms with Crippen LogP contribution in [0.5, 0.6) is 0 Å². The lowest BCUT2D eigenvalue weighted by Gasteiger charge is -2.05. The first kappa shape index (κ1) is 14.5. The average Bonchev–Trinajstić information content (AvgIpc) is 2.31. The molecule has 1 rings (SSSR count). The Morgan fingerprint density at radius 2 is 1.67 bits per heavy atom. The molecule has 0 unspecified atom stereocenters. The standard InChI is InChI=1S/C13H23N3O2/c1-2-3-4-5-6-7-8-9-14-11-10-12(17)16-13(18)15-11/h10H,2-9H2,1H3,(H3,14,15,16,17,18). The van der Waals surface area contributed by atoms with E-state index in [9.17, 15) is 9.59 Å². The molecule has 0 atom stereocenters. The van der Waals surface area contributed by atoms with Crippen molar-refractivity contribution in [1.82, 2.24) is 9.97 Å². The van der Waals surface area contributed by atoms with Gasteiger partial charge < -0.3 is 5.32 Å². The first-order valence-electron chi connectivity index (χ1n) is 6.80. The fourth-order valence-electron chi connectivity index (χ4n) is 1.87. The van der Waals surface area contributed by atoms with Crippen molar-refractivity contribution >= 4 is 5.82 Å². The molecule has 102 valence electrons. The number of hydrogen-bond acceptors (Lipinski definition) is 3. The lowest BCUT2D eigenvalue weighted by Crippen LogP contribution is -2.23. The van der Waals surface area contributed by atoms with Crippen LogP contribution in [-0.4, -0.2) is 16.5 Å². The summed E-state index contributed by atoms with van der Waals surface area (Å²) in [6.07, 6.45) is 8.73. The Kier molecular flexibility index (Phi) is 6.91. The minimum Gasteiger partial charge on any atom is -0.371 e. The van der Waals surface area contributed by atoms with E-state index in [0.717, 1.165) is 13.0 Å². The van der Waals surface area contributed by atoms with Gasteiger partial charge in [-0.1, -0.05) is 45.4 Å². The highest BCUT2D eigenvalue weighted by molar-refractivity contribution is 5.31. The number of anilines is 1. The minimum absolute atomic E-state index is 0.374. The van der Waals surface area contributed by atoms with Crippen LogP contribution in [0.4, 0.5) is 5.82 Å². The number of unbranched alkanes of at least 4 members (excludes halogenated alkanes) is 6. The minimum atomic E-state index is -0.468. The fourth-order valence-corrected chi connectivity index (χ4v) is 1.87. The molecule has 1 heterocycles. The van der Waals surface area contributed by atoms with Crippen molar-refractivity contribution in [2.24, 2.45) is 0 Å². The van der Waals surface area contributed by atoms with E-state index >= 15 is 0 Å². The molecule has 3 N–H and O–H groups in total. The molecule has 0 aliphatic heterocycles. The van der Waals surface area contributed by atoms with Crippen molar-refractivity contribution in [3.8, 4) is 0 Å². The predicted octanol–water partition coefficient (Wildman–Crippen LogP) is 2.23. The second-order valence-corrected chi connectivity index (χ2v) is 4.55. The van der Waals surface area contributed by atoms with E-state index < -0.39 is 5.69 Å². The highest BCUT2D eigenvalue weighted by atomic mass is 16.2. The van der Waals surface area contributed by atoms with E-state index in [1.165, 1.54) is 44.6 Å². The molecule has 5 heteroatoms. The zero-order chi connectivity index (χ0) is 13.2. The van der Waals surface area contributed by atoms with Crippen molar-refractivity contribution in [2.75, 3.05) is 11.9 Å². The summed E-state index contributed by atoms with van der Waals surface area (Å²) in [6, 6.07) is 1.36. The Labute approximate surface area is 107 Å². The van der Waals surface area contributed by atoms with Gasteiger partial charge in [0.2, 0.25) is 0 Å². The lowest BCUT2D eigenvalue weighted by molar-refractivity contribution is 0.596. The van der Waals surface area contributed by atoms with E-state index in [1.807, 2.05) is 0 Å². The van der Waals surface area contributed by atoms with Crippen LogP contribution >= 0.6 is 0 Å². The molecule has 5 nitrogen and oxygen atoms in total. The maximum absolute atomic E-state index is 11.0. The van der Waals surface area contributed by atoms with E-state index in [4.69, 9.17) is 0 Å². The van der Waals surface area contributed by atoms with Gasteiger partial charge in [0, 0.05) is 12.6 Å². The Morgan fingerprint density at radius 1 is 1.00 bits per heavy atom. The molecule has 0 spiro atoms. The zero-order valence-electron chi connectivity index (χ0n) is 11.1. The number of aromatic amines is 2. The molecule has 0 amide bonds. The van der Waals surface area contributed by atoms with Gasteiger partial charge in [0.25, 0.3) is 5.56 Å². The molecular formula is C13H23N3O2. The average molecular weight is 253 g/mol. The lowest BCUT2D eigenvalue weighted by atomic mass is 10.1. The summed E-state index contributed by atoms with van der Waals surface area (Å²) in [6.45, 7) is 3.00. The maximum Gasteiger partial charge on any atom is 0.327 e. The second-order valence-electron chi connectivity index (χ2n) is 4.55. The largest absolute Gasteiger partial charge is 0.371 e. The maximum atomic E-state index is 11.0. The van der Waals surface area contributed by atoms with Crippen LogP contribution < -0.4 is 16.6 Å². The summed E-state index contributed by atoms with van der Waals surface area (Å²) < 4.78 is 0. The highest BCUT2D eigenvalue weighted by Crippen LogP contribution is 2.06. The summed E-state index contributed by atoms with van der Waals surface area (Å²) in [5.41, 5.74) is -0.842. The van der Waals surface area contributed by atoms with Gasteiger partial charge >= 0.3 is 5.69 Å². The molecule has 0 aliphatic carbocycles. The van der Waals surface area contributed by atoms with Gasteiger partial charge in [-0.3, -0.25) is 14.8 Å². The van der Waals surface area contributed by atoms with Crippen LogP contribution in [0.2, 0.25) is 0 Å². The third kappa shape index (κ3) is 6.27. The number of rotatable bonds is 9. The molecule has 0 saturated heterocycles. The van der Waals surface area contributed by atoms with E-state index in [-0.39, 0.29) is 5.56 Å². The molecule has 0 saturated carbocycles. The molecule has 1 aromatic rings. The Bertz CT molecular complexity index is 408. The van der Waals surface area contributed by atoms with E-state index in [0.29, 0.717) is 5.82 Å². The van der Waals surface area contributed by atoms with Crippen LogP contribution in [0.3, 0.4) is 0 Å². The quantitative estimate of drug-likeness (QED) is 0.590. The van der Waals surface area contributed by atoms with Crippen LogP contribution in [-0.2, 0) is 0 Å². The number of H-pyrrole nitrogens is 2. The Morgan fingerprint density at radius 3 is 2.33 bits per heavy atom. The molecule has 0 bridgehead atoms. The van der Waals surface area contributed by atoms with E-state index in [2.05, 4.69) is 22.2 Å². The molecular weight excluding hydrogens is 230 g/mol. The van der Waals surface area contributed by atoms with Crippen LogP contribution in [0.1, 0.15) is 51.9 Å². The summed E-state index contributed by atoms with van der Waals surface area (Å²) >= 11 is 0. The second kappa shape index (κ2) is 8.55. The van der Waals surface area contributed by atoms with Crippen molar-refractivity contribution in [2.45, 2.75) is 51.9 Å². The van der Waals surface area contributed by atoms with Crippen molar-refractivity contribution in [3.05, 3.63) is 26.9 Å². The van der Waals surface area contributed by atoms with E-state index in [1.54, 1.807) is 0 Å². The van der Waals surface area contributed by atoms with Crippen LogP contribution in [0, 0.1) is 0 Å². The first-order chi connectivity index (χ1) is 8.72. The molecule has 0 radical (unpaired) electrons. The van der Waals surface area contributed by atoms with Gasteiger partial charge in [0.1, 0.15) is 5.82 Å². The molecule has 0 aromatic carbocycles. The molecule has 0 aliphatic rings. The van der Waals surface area contributed by atoms with Gasteiger partial charge in [-0.15, -0.1) is 0 Å². The fraction of sp³-hybridized carbons (Fsp3) is 0.692. The van der Waals surface area contributed by atoms with Gasteiger partial charge in [-0.25, -0.2) is 4.79 Å². The van der Waals surface area contributed by atoms with Crippen molar-refractivity contribution in [3.63, 3.8) is 0 Å². The van der Waals surface area contributed by atoms with Crippen molar-refractivity contribution in [1.29, 1.82) is 0 Å². The normalized spacial score (nSPS) is 10.5. The molecule has 1 aromatic heterocycles. The summed E-state index contributed by atoms with van der Waals surface area (Å²) in [4.78, 5) is 26.7. The Hall–Kier alpha value is -1.52. The van der Waals surface area contributed by atoms with Gasteiger partial charge in [0.15, 0.2) is 0 Å². The first-order valence-corrected chi connectivity index (χ1v) is 6.80. The van der Waals surface area contributed by atoms with Crippen molar-refractivity contribution < 1.29 is 0 Å². The number of nitrogens with one attached hydrogen (secondary N) is 3. The van der Waals surface area contributed by atoms with Crippen LogP contribution in [0.25, 0.3) is 0 Å². The van der Waals surface area contributed by atoms with Gasteiger partial charge in [0.05, 0.1) is 0 Å². The highest BCUT2D eigenvalue weighted by Gasteiger charge is 1.95. The molecule has 18 heavy (non-hydrogen) atoms. The number of hydrogen-bond donors (Lipinski definition) is 3. The summed E-state index contributed by atoms with van der Waals surface area (Å²) in [5.74, 6) is 0.495. The Balaban J connectivity index is 2.10. The zero-order valence-corrected chi connectivity index (χ0v) is 11.1. The third-order valence-corrected chi connectivity index (χ3v) is 2.86. The number of aromatic nitrogens is 2. The third-order valence-electron chi connectivity index (χ3n) is 2.86. The summed E-state index contributed by atoms with van der Waals surface area (Å²) in [7, 11) is 0. The topological polar surface area (TPSA) is 77.8 Å². The van der Waals surface area contributed by atoms with Gasteiger partial charge in [-0.2, -0.15) is 0 Å². The predicted molar refractivity (Wildman–Crippen MR) is 74.2 cm³/mol. The van der Waals surface area contributed by atoms with Crippen LogP contribution in [0.15, 0.2) is 15.7 Å². The molecule has 0 fully saturated rings. The van der Waals surface area contributed by atoms with Gasteiger partial charge in [-0.05, 0) is 6.42 Å². The smallest absolute Gasteiger partial charge is 0.327 e. The monoisotopic (exact) mass is 253 g/mol. The SMILES string of the molecule is CCCCCCCCCNc1cc(=O)[nH]c(=O)[nH]1. The summed E-state index contributed by atoms with van der Waals surface area (Å²) in [5, 5.41) is 3.05.